The van der Waals surface area contributed by atoms with Crippen LogP contribution in [0.1, 0.15) is 17.9 Å². The zero-order valence-corrected chi connectivity index (χ0v) is 10.2. The van der Waals surface area contributed by atoms with Crippen LogP contribution in [0.3, 0.4) is 0 Å². The molecule has 8 heteroatoms. The number of hydrogen-bond donors (Lipinski definition) is 2. The van der Waals surface area contributed by atoms with E-state index in [2.05, 4.69) is 10.1 Å². The van der Waals surface area contributed by atoms with Crippen molar-refractivity contribution in [1.29, 1.82) is 0 Å². The van der Waals surface area contributed by atoms with E-state index >= 15 is 0 Å². The van der Waals surface area contributed by atoms with E-state index in [1.165, 1.54) is 6.07 Å². The van der Waals surface area contributed by atoms with Crippen molar-refractivity contribution in [3.63, 3.8) is 0 Å². The van der Waals surface area contributed by atoms with Crippen LogP contribution in [-0.2, 0) is 12.6 Å². The predicted molar refractivity (Wildman–Crippen MR) is 61.8 cm³/mol. The molecule has 0 aliphatic rings. The topological polar surface area (TPSA) is 79.4 Å². The van der Waals surface area contributed by atoms with Crippen LogP contribution in [0.15, 0.2) is 22.7 Å². The van der Waals surface area contributed by atoms with Crippen LogP contribution in [0.4, 0.5) is 13.2 Å². The molecular weight excluding hydrogens is 277 g/mol. The van der Waals surface area contributed by atoms with E-state index in [0.29, 0.717) is 12.8 Å². The number of alkyl halides is 3. The van der Waals surface area contributed by atoms with Gasteiger partial charge in [-0.3, -0.25) is 0 Å². The summed E-state index contributed by atoms with van der Waals surface area (Å²) in [6.45, 7) is -0.0465. The molecule has 0 fully saturated rings. The van der Waals surface area contributed by atoms with Gasteiger partial charge in [0.15, 0.2) is 0 Å². The zero-order valence-electron chi connectivity index (χ0n) is 10.2. The number of phenolic OH excluding ortho intramolecular Hbond substituents is 1. The molecule has 1 aromatic carbocycles. The van der Waals surface area contributed by atoms with Crippen molar-refractivity contribution in [3.8, 4) is 17.1 Å². The summed E-state index contributed by atoms with van der Waals surface area (Å²) in [5.74, 6) is -0.621. The molecule has 20 heavy (non-hydrogen) atoms. The largest absolute Gasteiger partial charge is 0.507 e. The number of hydrogen-bond acceptors (Lipinski definition) is 5. The Bertz CT molecular complexity index is 596. The summed E-state index contributed by atoms with van der Waals surface area (Å²) in [5.41, 5.74) is -1.06. The Balaban J connectivity index is 2.31. The molecule has 0 amide bonds. The molecule has 108 valence electrons. The molecule has 0 unspecified atom stereocenters. The molecule has 0 bridgehead atoms. The highest BCUT2D eigenvalue weighted by Gasteiger charge is 2.34. The molecule has 0 saturated heterocycles. The first-order valence-electron chi connectivity index (χ1n) is 5.76. The van der Waals surface area contributed by atoms with Crippen molar-refractivity contribution in [3.05, 3.63) is 29.7 Å². The van der Waals surface area contributed by atoms with Gasteiger partial charge in [-0.05, 0) is 24.6 Å². The van der Waals surface area contributed by atoms with Crippen LogP contribution in [0.2, 0.25) is 0 Å². The number of aryl methyl sites for hydroxylation is 1. The van der Waals surface area contributed by atoms with Crippen molar-refractivity contribution in [1.82, 2.24) is 10.1 Å². The third-order valence-corrected chi connectivity index (χ3v) is 2.58. The Hall–Kier alpha value is -2.09. The number of aliphatic hydroxyl groups is 1. The Morgan fingerprint density at radius 3 is 2.65 bits per heavy atom. The van der Waals surface area contributed by atoms with Gasteiger partial charge >= 0.3 is 6.18 Å². The summed E-state index contributed by atoms with van der Waals surface area (Å²) in [6.07, 6.45) is -3.90. The van der Waals surface area contributed by atoms with Crippen LogP contribution < -0.4 is 0 Å². The van der Waals surface area contributed by atoms with E-state index in [4.69, 9.17) is 9.63 Å². The van der Waals surface area contributed by atoms with Gasteiger partial charge in [0.25, 0.3) is 0 Å². The second kappa shape index (κ2) is 5.49. The second-order valence-electron chi connectivity index (χ2n) is 4.07. The number of nitrogens with zero attached hydrogens (tertiary/aromatic N) is 2. The fourth-order valence-electron chi connectivity index (χ4n) is 1.61. The summed E-state index contributed by atoms with van der Waals surface area (Å²) in [7, 11) is 0. The number of rotatable bonds is 4. The SMILES string of the molecule is OCCCc1nc(-c2ccc(O)c(C(F)(F)F)c2)no1. The highest BCUT2D eigenvalue weighted by Crippen LogP contribution is 2.37. The second-order valence-corrected chi connectivity index (χ2v) is 4.07. The van der Waals surface area contributed by atoms with Gasteiger partial charge < -0.3 is 14.7 Å². The van der Waals surface area contributed by atoms with Gasteiger partial charge in [-0.2, -0.15) is 18.2 Å². The van der Waals surface area contributed by atoms with Crippen molar-refractivity contribution in [2.75, 3.05) is 6.61 Å². The van der Waals surface area contributed by atoms with Gasteiger partial charge in [0.1, 0.15) is 5.75 Å². The van der Waals surface area contributed by atoms with E-state index in [9.17, 15) is 18.3 Å². The number of aromatic nitrogens is 2. The highest BCUT2D eigenvalue weighted by atomic mass is 19.4. The molecule has 1 heterocycles. The maximum Gasteiger partial charge on any atom is 0.419 e. The number of aliphatic hydroxyl groups excluding tert-OH is 1. The lowest BCUT2D eigenvalue weighted by Gasteiger charge is -2.09. The summed E-state index contributed by atoms with van der Waals surface area (Å²) in [6, 6.07) is 2.96. The quantitative estimate of drug-likeness (QED) is 0.903. The molecule has 0 aliphatic carbocycles. The lowest BCUT2D eigenvalue weighted by molar-refractivity contribution is -0.138. The van der Waals surface area contributed by atoms with Gasteiger partial charge in [-0.1, -0.05) is 5.16 Å². The van der Waals surface area contributed by atoms with Crippen LogP contribution >= 0.6 is 0 Å². The van der Waals surface area contributed by atoms with Crippen LogP contribution in [-0.4, -0.2) is 27.0 Å². The molecule has 5 nitrogen and oxygen atoms in total. The van der Waals surface area contributed by atoms with Gasteiger partial charge in [-0.25, -0.2) is 0 Å². The first-order chi connectivity index (χ1) is 9.41. The minimum absolute atomic E-state index is 0.00318. The van der Waals surface area contributed by atoms with E-state index < -0.39 is 17.5 Å². The molecule has 0 aliphatic heterocycles. The Morgan fingerprint density at radius 1 is 1.25 bits per heavy atom. The standard InChI is InChI=1S/C12H11F3N2O3/c13-12(14,15)8-6-7(3-4-9(8)19)11-16-10(20-17-11)2-1-5-18/h3-4,6,18-19H,1-2,5H2. The summed E-state index contributed by atoms with van der Waals surface area (Å²) in [5, 5.41) is 21.5. The maximum atomic E-state index is 12.7. The summed E-state index contributed by atoms with van der Waals surface area (Å²) in [4.78, 5) is 3.93. The molecule has 1 aromatic heterocycles. The first kappa shape index (κ1) is 14.3. The molecule has 0 atom stereocenters. The first-order valence-corrected chi connectivity index (χ1v) is 5.76. The van der Waals surface area contributed by atoms with E-state index in [0.717, 1.165) is 12.1 Å². The van der Waals surface area contributed by atoms with E-state index in [1.54, 1.807) is 0 Å². The molecule has 0 spiro atoms. The molecule has 2 N–H and O–H groups in total. The lowest BCUT2D eigenvalue weighted by Crippen LogP contribution is -2.05. The minimum atomic E-state index is -4.66. The average Bonchev–Trinajstić information content (AvgIpc) is 2.84. The third-order valence-electron chi connectivity index (χ3n) is 2.58. The minimum Gasteiger partial charge on any atom is -0.507 e. The van der Waals surface area contributed by atoms with Crippen molar-refractivity contribution >= 4 is 0 Å². The van der Waals surface area contributed by atoms with Crippen LogP contribution in [0.25, 0.3) is 11.4 Å². The zero-order chi connectivity index (χ0) is 14.8. The van der Waals surface area contributed by atoms with E-state index in [-0.39, 0.29) is 23.9 Å². The molecule has 0 radical (unpaired) electrons. The summed E-state index contributed by atoms with van der Waals surface area (Å²) >= 11 is 0. The fraction of sp³-hybridized carbons (Fsp3) is 0.333. The van der Waals surface area contributed by atoms with E-state index in [1.807, 2.05) is 0 Å². The Morgan fingerprint density at radius 2 is 2.00 bits per heavy atom. The van der Waals surface area contributed by atoms with Gasteiger partial charge in [0.05, 0.1) is 5.56 Å². The molecule has 2 rings (SSSR count). The third kappa shape index (κ3) is 3.08. The normalized spacial score (nSPS) is 11.8. The predicted octanol–water partition coefficient (Wildman–Crippen LogP) is 2.39. The molecule has 2 aromatic rings. The lowest BCUT2D eigenvalue weighted by atomic mass is 10.1. The van der Waals surface area contributed by atoms with Gasteiger partial charge in [0, 0.05) is 18.6 Å². The maximum absolute atomic E-state index is 12.7. The monoisotopic (exact) mass is 288 g/mol. The van der Waals surface area contributed by atoms with Crippen molar-refractivity contribution in [2.24, 2.45) is 0 Å². The summed E-state index contributed by atoms with van der Waals surface area (Å²) < 4.78 is 42.9. The smallest absolute Gasteiger partial charge is 0.419 e. The van der Waals surface area contributed by atoms with Crippen molar-refractivity contribution in [2.45, 2.75) is 19.0 Å². The van der Waals surface area contributed by atoms with Crippen LogP contribution in [0.5, 0.6) is 5.75 Å². The fourth-order valence-corrected chi connectivity index (χ4v) is 1.61. The Kier molecular flexibility index (Phi) is 3.93. The van der Waals surface area contributed by atoms with Gasteiger partial charge in [-0.15, -0.1) is 0 Å². The average molecular weight is 288 g/mol. The highest BCUT2D eigenvalue weighted by molar-refractivity contribution is 5.58. The number of phenols is 1. The number of benzene rings is 1. The molecule has 0 saturated carbocycles. The van der Waals surface area contributed by atoms with Crippen molar-refractivity contribution < 1.29 is 27.9 Å². The number of aromatic hydroxyl groups is 1. The Labute approximate surface area is 111 Å². The molecular formula is C12H11F3N2O3. The van der Waals surface area contributed by atoms with Gasteiger partial charge in [0.2, 0.25) is 11.7 Å². The van der Waals surface area contributed by atoms with Crippen LogP contribution in [0, 0.1) is 0 Å². The number of halogens is 3.